The minimum Gasteiger partial charge on any atom is -0.872 e. The zero-order valence-electron chi connectivity index (χ0n) is 8.26. The third kappa shape index (κ3) is 2.54. The second kappa shape index (κ2) is 4.89. The summed E-state index contributed by atoms with van der Waals surface area (Å²) in [5, 5.41) is 11.4. The molecule has 0 aromatic carbocycles. The quantitative estimate of drug-likeness (QED) is 0.471. The molecule has 1 aromatic rings. The molecule has 0 amide bonds. The van der Waals surface area contributed by atoms with Gasteiger partial charge in [-0.05, 0) is 44.2 Å². The first-order valence-corrected chi connectivity index (χ1v) is 4.44. The van der Waals surface area contributed by atoms with Crippen molar-refractivity contribution in [2.24, 2.45) is 0 Å². The Morgan fingerprint density at radius 2 is 2.00 bits per heavy atom. The Labute approximate surface area is 121 Å². The van der Waals surface area contributed by atoms with Crippen LogP contribution in [-0.2, 0) is 12.8 Å². The number of hydrogen-bond donors (Lipinski definition) is 0. The van der Waals surface area contributed by atoms with Gasteiger partial charge in [-0.3, -0.25) is 4.98 Å². The Kier molecular flexibility index (Phi) is 4.39. The van der Waals surface area contributed by atoms with Gasteiger partial charge >= 0.3 is 51.4 Å². The van der Waals surface area contributed by atoms with E-state index in [0.29, 0.717) is 0 Å². The molecule has 1 aromatic heterocycles. The molecule has 0 aliphatic heterocycles. The molecule has 0 N–H and O–H groups in total. The first-order valence-electron chi connectivity index (χ1n) is 4.44. The van der Waals surface area contributed by atoms with E-state index in [1.165, 1.54) is 6.42 Å². The third-order valence-corrected chi connectivity index (χ3v) is 2.39. The van der Waals surface area contributed by atoms with Crippen molar-refractivity contribution >= 4 is 0 Å². The van der Waals surface area contributed by atoms with E-state index in [1.54, 1.807) is 6.07 Å². The van der Waals surface area contributed by atoms with Crippen LogP contribution >= 0.6 is 0 Å². The maximum atomic E-state index is 11.4. The van der Waals surface area contributed by atoms with Gasteiger partial charge in [0.15, 0.2) is 0 Å². The number of hydrogen-bond acceptors (Lipinski definition) is 2. The van der Waals surface area contributed by atoms with Gasteiger partial charge in [-0.1, -0.05) is 0 Å². The van der Waals surface area contributed by atoms with Crippen molar-refractivity contribution in [1.29, 1.82) is 0 Å². The molecule has 0 saturated carbocycles. The first kappa shape index (κ1) is 11.7. The summed E-state index contributed by atoms with van der Waals surface area (Å²) in [6.07, 6.45) is 4.25. The summed E-state index contributed by atoms with van der Waals surface area (Å²) in [5.41, 5.74) is 2.87. The zero-order chi connectivity index (χ0) is 8.55. The van der Waals surface area contributed by atoms with Crippen molar-refractivity contribution in [1.82, 2.24) is 4.98 Å². The van der Waals surface area contributed by atoms with E-state index in [1.807, 2.05) is 6.92 Å². The van der Waals surface area contributed by atoms with E-state index in [4.69, 9.17) is 0 Å². The molecule has 1 heterocycles. The number of fused-ring (bicyclic) bond motifs is 1. The molecule has 3 heteroatoms. The van der Waals surface area contributed by atoms with Gasteiger partial charge in [-0.2, -0.15) is 0 Å². The summed E-state index contributed by atoms with van der Waals surface area (Å²) in [6.45, 7) is 1.89. The van der Waals surface area contributed by atoms with Crippen LogP contribution in [0.3, 0.4) is 0 Å². The fourth-order valence-electron chi connectivity index (χ4n) is 1.80. The van der Waals surface area contributed by atoms with E-state index in [9.17, 15) is 5.11 Å². The monoisotopic (exact) mass is 201 g/mol. The molecule has 0 bridgehead atoms. The molecule has 0 fully saturated rings. The van der Waals surface area contributed by atoms with Crippen molar-refractivity contribution in [3.05, 3.63) is 23.0 Å². The van der Waals surface area contributed by atoms with E-state index in [0.717, 1.165) is 36.2 Å². The van der Waals surface area contributed by atoms with Gasteiger partial charge in [0.05, 0.1) is 0 Å². The van der Waals surface area contributed by atoms with Crippen LogP contribution in [0.25, 0.3) is 0 Å². The minimum absolute atomic E-state index is 0. The van der Waals surface area contributed by atoms with Crippen LogP contribution in [0, 0.1) is 6.92 Å². The molecule has 0 unspecified atom stereocenters. The zero-order valence-corrected chi connectivity index (χ0v) is 11.4. The Hall–Kier alpha value is 0.586. The molecule has 0 saturated heterocycles. The van der Waals surface area contributed by atoms with E-state index < -0.39 is 0 Å². The third-order valence-electron chi connectivity index (χ3n) is 2.39. The average molecular weight is 201 g/mol. The summed E-state index contributed by atoms with van der Waals surface area (Å²) >= 11 is 0. The van der Waals surface area contributed by atoms with Crippen molar-refractivity contribution in [2.75, 3.05) is 0 Å². The molecule has 2 nitrogen and oxygen atoms in total. The van der Waals surface area contributed by atoms with Crippen molar-refractivity contribution < 1.29 is 56.5 Å². The van der Waals surface area contributed by atoms with Gasteiger partial charge in [0, 0.05) is 11.4 Å². The topological polar surface area (TPSA) is 36.0 Å². The van der Waals surface area contributed by atoms with Crippen LogP contribution in [0.2, 0.25) is 0 Å². The normalized spacial score (nSPS) is 14.5. The van der Waals surface area contributed by atoms with Gasteiger partial charge in [0.1, 0.15) is 0 Å². The van der Waals surface area contributed by atoms with Crippen LogP contribution in [-0.4, -0.2) is 4.98 Å². The fraction of sp³-hybridized carbons (Fsp3) is 0.500. The molecule has 13 heavy (non-hydrogen) atoms. The standard InChI is InChI=1S/C10H13NO.K/c1-7-6-10(12)8-4-2-3-5-9(8)11-7;/h6H,2-5H2,1H3,(H,11,12);/q;+1/p-1. The summed E-state index contributed by atoms with van der Waals surface area (Å²) in [7, 11) is 0. The fourth-order valence-corrected chi connectivity index (χ4v) is 1.80. The Morgan fingerprint density at radius 3 is 2.77 bits per heavy atom. The van der Waals surface area contributed by atoms with E-state index >= 15 is 0 Å². The van der Waals surface area contributed by atoms with Crippen molar-refractivity contribution in [3.8, 4) is 5.75 Å². The summed E-state index contributed by atoms with van der Waals surface area (Å²) in [5.74, 6) is 0.192. The maximum absolute atomic E-state index is 11.4. The smallest absolute Gasteiger partial charge is 0.872 e. The summed E-state index contributed by atoms with van der Waals surface area (Å²) < 4.78 is 0. The number of rotatable bonds is 0. The summed E-state index contributed by atoms with van der Waals surface area (Å²) in [6, 6.07) is 1.64. The van der Waals surface area contributed by atoms with Crippen LogP contribution in [0.15, 0.2) is 6.07 Å². The number of aryl methyl sites for hydroxylation is 2. The van der Waals surface area contributed by atoms with Gasteiger partial charge in [0.2, 0.25) is 0 Å². The van der Waals surface area contributed by atoms with Crippen LogP contribution in [0.5, 0.6) is 5.75 Å². The molecular formula is C10H12KNO. The van der Waals surface area contributed by atoms with Gasteiger partial charge < -0.3 is 5.11 Å². The Balaban J connectivity index is 0.000000845. The molecule has 0 spiro atoms. The Bertz CT molecular complexity index is 312. The van der Waals surface area contributed by atoms with Crippen LogP contribution in [0.1, 0.15) is 29.8 Å². The molecular weight excluding hydrogens is 189 g/mol. The number of pyridine rings is 1. The van der Waals surface area contributed by atoms with Crippen molar-refractivity contribution in [3.63, 3.8) is 0 Å². The second-order valence-corrected chi connectivity index (χ2v) is 3.39. The van der Waals surface area contributed by atoms with E-state index in [-0.39, 0.29) is 57.1 Å². The SMILES string of the molecule is Cc1cc([O-])c2c(n1)CCCC2.[K+]. The number of nitrogens with zero attached hydrogens (tertiary/aromatic N) is 1. The van der Waals surface area contributed by atoms with Crippen molar-refractivity contribution in [2.45, 2.75) is 32.6 Å². The van der Waals surface area contributed by atoms with Gasteiger partial charge in [-0.15, -0.1) is 5.75 Å². The average Bonchev–Trinajstić information content (AvgIpc) is 2.04. The minimum atomic E-state index is 0. The molecule has 2 rings (SSSR count). The van der Waals surface area contributed by atoms with Gasteiger partial charge in [-0.25, -0.2) is 0 Å². The largest absolute Gasteiger partial charge is 1.00 e. The maximum Gasteiger partial charge on any atom is 1.00 e. The first-order chi connectivity index (χ1) is 5.77. The predicted octanol–water partition coefficient (Wildman–Crippen LogP) is -1.65. The Morgan fingerprint density at radius 1 is 1.31 bits per heavy atom. The summed E-state index contributed by atoms with van der Waals surface area (Å²) in [4.78, 5) is 4.37. The second-order valence-electron chi connectivity index (χ2n) is 3.39. The number of aromatic nitrogens is 1. The van der Waals surface area contributed by atoms with Crippen LogP contribution < -0.4 is 56.5 Å². The van der Waals surface area contributed by atoms with E-state index in [2.05, 4.69) is 4.98 Å². The molecule has 1 aliphatic rings. The molecule has 0 radical (unpaired) electrons. The van der Waals surface area contributed by atoms with Crippen LogP contribution in [0.4, 0.5) is 0 Å². The molecule has 0 atom stereocenters. The van der Waals surface area contributed by atoms with Gasteiger partial charge in [0.25, 0.3) is 0 Å². The molecule has 1 aliphatic carbocycles. The molecule has 64 valence electrons. The predicted molar refractivity (Wildman–Crippen MR) is 45.1 cm³/mol.